The van der Waals surface area contributed by atoms with Crippen LogP contribution in [0.4, 0.5) is 0 Å². The maximum Gasteiger partial charge on any atom is 0.224 e. The maximum absolute atomic E-state index is 11.7. The molecule has 1 aromatic heterocycles. The van der Waals surface area contributed by atoms with E-state index >= 15 is 0 Å². The first-order chi connectivity index (χ1) is 8.65. The van der Waals surface area contributed by atoms with Crippen LogP contribution < -0.4 is 5.32 Å². The molecule has 2 N–H and O–H groups in total. The van der Waals surface area contributed by atoms with Gasteiger partial charge < -0.3 is 10.3 Å². The Labute approximate surface area is 114 Å². The number of imidazole rings is 1. The molecule has 0 fully saturated rings. The van der Waals surface area contributed by atoms with Gasteiger partial charge in [-0.05, 0) is 17.7 Å². The molecular formula is C12H11Cl2N3O. The van der Waals surface area contributed by atoms with Crippen molar-refractivity contribution in [3.8, 4) is 0 Å². The highest BCUT2D eigenvalue weighted by molar-refractivity contribution is 6.42. The fraction of sp³-hybridized carbons (Fsp3) is 0.167. The zero-order valence-electron chi connectivity index (χ0n) is 9.41. The molecule has 0 saturated heterocycles. The summed E-state index contributed by atoms with van der Waals surface area (Å²) in [5, 5.41) is 3.72. The van der Waals surface area contributed by atoms with E-state index in [9.17, 15) is 4.79 Å². The third kappa shape index (κ3) is 3.48. The van der Waals surface area contributed by atoms with E-state index in [-0.39, 0.29) is 12.3 Å². The van der Waals surface area contributed by atoms with Gasteiger partial charge in [0.2, 0.25) is 5.91 Å². The molecule has 4 nitrogen and oxygen atoms in total. The van der Waals surface area contributed by atoms with Crippen molar-refractivity contribution in [1.29, 1.82) is 0 Å². The van der Waals surface area contributed by atoms with Crippen molar-refractivity contribution in [3.05, 3.63) is 52.0 Å². The Morgan fingerprint density at radius 1 is 1.33 bits per heavy atom. The van der Waals surface area contributed by atoms with Crippen molar-refractivity contribution in [3.63, 3.8) is 0 Å². The van der Waals surface area contributed by atoms with E-state index in [1.165, 1.54) is 0 Å². The third-order valence-electron chi connectivity index (χ3n) is 2.38. The number of nitrogens with one attached hydrogen (secondary N) is 2. The Morgan fingerprint density at radius 3 is 2.83 bits per heavy atom. The SMILES string of the molecule is O=C(Cc1ccc(Cl)c(Cl)c1)NCc1cnc[nH]1. The number of aromatic nitrogens is 2. The molecule has 0 bridgehead atoms. The second-order valence-electron chi connectivity index (χ2n) is 3.78. The Hall–Kier alpha value is -1.52. The third-order valence-corrected chi connectivity index (χ3v) is 3.12. The lowest BCUT2D eigenvalue weighted by Crippen LogP contribution is -2.24. The number of rotatable bonds is 4. The van der Waals surface area contributed by atoms with E-state index in [1.54, 1.807) is 30.7 Å². The topological polar surface area (TPSA) is 57.8 Å². The van der Waals surface area contributed by atoms with Crippen LogP contribution in [-0.2, 0) is 17.8 Å². The van der Waals surface area contributed by atoms with Crippen LogP contribution in [0, 0.1) is 0 Å². The van der Waals surface area contributed by atoms with E-state index in [1.807, 2.05) is 0 Å². The standard InChI is InChI=1S/C12H11Cl2N3O/c13-10-2-1-8(3-11(10)14)4-12(18)16-6-9-5-15-7-17-9/h1-3,5,7H,4,6H2,(H,15,17)(H,16,18). The monoisotopic (exact) mass is 283 g/mol. The fourth-order valence-corrected chi connectivity index (χ4v) is 1.79. The molecule has 0 atom stereocenters. The predicted molar refractivity (Wildman–Crippen MR) is 70.6 cm³/mol. The molecule has 6 heteroatoms. The minimum absolute atomic E-state index is 0.0806. The molecule has 94 valence electrons. The van der Waals surface area contributed by atoms with Gasteiger partial charge in [-0.15, -0.1) is 0 Å². The number of amides is 1. The number of hydrogen-bond acceptors (Lipinski definition) is 2. The maximum atomic E-state index is 11.7. The summed E-state index contributed by atoms with van der Waals surface area (Å²) in [6.07, 6.45) is 3.50. The Balaban J connectivity index is 1.88. The Kier molecular flexibility index (Phi) is 4.23. The molecule has 1 heterocycles. The Morgan fingerprint density at radius 2 is 2.17 bits per heavy atom. The van der Waals surface area contributed by atoms with Gasteiger partial charge >= 0.3 is 0 Å². The summed E-state index contributed by atoms with van der Waals surface area (Å²) in [5.74, 6) is -0.0806. The number of nitrogens with zero attached hydrogens (tertiary/aromatic N) is 1. The van der Waals surface area contributed by atoms with Crippen LogP contribution >= 0.6 is 23.2 Å². The van der Waals surface area contributed by atoms with Crippen molar-refractivity contribution in [2.75, 3.05) is 0 Å². The highest BCUT2D eigenvalue weighted by Gasteiger charge is 2.05. The van der Waals surface area contributed by atoms with Crippen LogP contribution in [0.15, 0.2) is 30.7 Å². The molecule has 0 unspecified atom stereocenters. The summed E-state index contributed by atoms with van der Waals surface area (Å²) in [7, 11) is 0. The van der Waals surface area contributed by atoms with Crippen LogP contribution in [-0.4, -0.2) is 15.9 Å². The highest BCUT2D eigenvalue weighted by Crippen LogP contribution is 2.22. The number of H-pyrrole nitrogens is 1. The number of halogens is 2. The normalized spacial score (nSPS) is 10.3. The highest BCUT2D eigenvalue weighted by atomic mass is 35.5. The average Bonchev–Trinajstić information content (AvgIpc) is 2.84. The van der Waals surface area contributed by atoms with Gasteiger partial charge in [0.15, 0.2) is 0 Å². The van der Waals surface area contributed by atoms with Crippen molar-refractivity contribution in [1.82, 2.24) is 15.3 Å². The summed E-state index contributed by atoms with van der Waals surface area (Å²) >= 11 is 11.7. The van der Waals surface area contributed by atoms with E-state index in [2.05, 4.69) is 15.3 Å². The van der Waals surface area contributed by atoms with Gasteiger partial charge in [0.05, 0.1) is 35.0 Å². The van der Waals surface area contributed by atoms with Crippen molar-refractivity contribution in [2.45, 2.75) is 13.0 Å². The first-order valence-corrected chi connectivity index (χ1v) is 6.08. The van der Waals surface area contributed by atoms with Crippen LogP contribution in [0.5, 0.6) is 0 Å². The number of benzene rings is 1. The summed E-state index contributed by atoms with van der Waals surface area (Å²) in [6.45, 7) is 0.431. The van der Waals surface area contributed by atoms with Crippen LogP contribution in [0.1, 0.15) is 11.3 Å². The molecule has 0 spiro atoms. The molecule has 0 saturated carbocycles. The van der Waals surface area contributed by atoms with E-state index in [4.69, 9.17) is 23.2 Å². The van der Waals surface area contributed by atoms with Gasteiger partial charge in [-0.1, -0.05) is 29.3 Å². The molecule has 0 aliphatic rings. The first-order valence-electron chi connectivity index (χ1n) is 5.33. The molecule has 1 amide bonds. The second-order valence-corrected chi connectivity index (χ2v) is 4.59. The summed E-state index contributed by atoms with van der Waals surface area (Å²) in [5.41, 5.74) is 1.68. The fourth-order valence-electron chi connectivity index (χ4n) is 1.47. The van der Waals surface area contributed by atoms with Gasteiger partial charge in [-0.25, -0.2) is 4.98 Å². The summed E-state index contributed by atoms with van der Waals surface area (Å²) in [4.78, 5) is 18.5. The average molecular weight is 284 g/mol. The van der Waals surface area contributed by atoms with E-state index < -0.39 is 0 Å². The zero-order valence-corrected chi connectivity index (χ0v) is 10.9. The summed E-state index contributed by atoms with van der Waals surface area (Å²) in [6, 6.07) is 5.16. The number of aromatic amines is 1. The van der Waals surface area contributed by atoms with Gasteiger partial charge in [0, 0.05) is 6.20 Å². The van der Waals surface area contributed by atoms with E-state index in [0.717, 1.165) is 11.3 Å². The van der Waals surface area contributed by atoms with Crippen LogP contribution in [0.25, 0.3) is 0 Å². The predicted octanol–water partition coefficient (Wildman–Crippen LogP) is 2.58. The van der Waals surface area contributed by atoms with Gasteiger partial charge in [-0.3, -0.25) is 4.79 Å². The van der Waals surface area contributed by atoms with Crippen molar-refractivity contribution < 1.29 is 4.79 Å². The summed E-state index contributed by atoms with van der Waals surface area (Å²) < 4.78 is 0. The minimum atomic E-state index is -0.0806. The smallest absolute Gasteiger partial charge is 0.224 e. The van der Waals surface area contributed by atoms with Gasteiger partial charge in [0.25, 0.3) is 0 Å². The molecule has 18 heavy (non-hydrogen) atoms. The van der Waals surface area contributed by atoms with E-state index in [0.29, 0.717) is 16.6 Å². The zero-order chi connectivity index (χ0) is 13.0. The van der Waals surface area contributed by atoms with Crippen molar-refractivity contribution >= 4 is 29.1 Å². The number of carbonyl (C=O) groups excluding carboxylic acids is 1. The van der Waals surface area contributed by atoms with Gasteiger partial charge in [0.1, 0.15) is 0 Å². The molecular weight excluding hydrogens is 273 g/mol. The molecule has 0 radical (unpaired) electrons. The van der Waals surface area contributed by atoms with Gasteiger partial charge in [-0.2, -0.15) is 0 Å². The number of hydrogen-bond donors (Lipinski definition) is 2. The quantitative estimate of drug-likeness (QED) is 0.906. The first kappa shape index (κ1) is 12.9. The minimum Gasteiger partial charge on any atom is -0.350 e. The van der Waals surface area contributed by atoms with Crippen molar-refractivity contribution in [2.24, 2.45) is 0 Å². The lowest BCUT2D eigenvalue weighted by molar-refractivity contribution is -0.120. The second kappa shape index (κ2) is 5.89. The van der Waals surface area contributed by atoms with Crippen LogP contribution in [0.2, 0.25) is 10.0 Å². The molecule has 1 aromatic carbocycles. The largest absolute Gasteiger partial charge is 0.350 e. The molecule has 2 rings (SSSR count). The molecule has 0 aliphatic carbocycles. The Bertz CT molecular complexity index is 540. The number of carbonyl (C=O) groups is 1. The molecule has 0 aliphatic heterocycles. The lowest BCUT2D eigenvalue weighted by Gasteiger charge is -2.05. The lowest BCUT2D eigenvalue weighted by atomic mass is 10.1. The molecule has 2 aromatic rings. The van der Waals surface area contributed by atoms with Crippen LogP contribution in [0.3, 0.4) is 0 Å².